The van der Waals surface area contributed by atoms with Crippen molar-refractivity contribution in [1.82, 2.24) is 9.80 Å². The van der Waals surface area contributed by atoms with Crippen LogP contribution < -0.4 is 0 Å². The second-order valence-corrected chi connectivity index (χ2v) is 16.0. The minimum atomic E-state index is -0.248. The number of aliphatic hydroxyl groups excluding tert-OH is 2. The summed E-state index contributed by atoms with van der Waals surface area (Å²) in [6, 6.07) is 7.40. The van der Waals surface area contributed by atoms with Gasteiger partial charge < -0.3 is 20.0 Å². The zero-order chi connectivity index (χ0) is 31.2. The predicted octanol–water partition coefficient (Wildman–Crippen LogP) is 6.43. The van der Waals surface area contributed by atoms with Crippen molar-refractivity contribution in [2.75, 3.05) is 26.2 Å². The fourth-order valence-corrected chi connectivity index (χ4v) is 11.0. The molecule has 10 atom stereocenters. The Kier molecular flexibility index (Phi) is 9.27. The Hall–Kier alpha value is -1.89. The third kappa shape index (κ3) is 6.00. The molecule has 1 aromatic carbocycles. The van der Waals surface area contributed by atoms with Gasteiger partial charge in [-0.1, -0.05) is 44.5 Å². The zero-order valence-electron chi connectivity index (χ0n) is 27.0. The number of carbonyl (C=O) groups excluding carboxylic acids is 2. The lowest BCUT2D eigenvalue weighted by atomic mass is 9.43. The minimum Gasteiger partial charge on any atom is -0.393 e. The van der Waals surface area contributed by atoms with E-state index in [1.165, 1.54) is 25.7 Å². The monoisotopic (exact) mass is 624 g/mol. The van der Waals surface area contributed by atoms with Crippen LogP contribution in [-0.2, 0) is 9.59 Å². The number of carbonyl (C=O) groups is 2. The maximum absolute atomic E-state index is 13.3. The van der Waals surface area contributed by atoms with Crippen LogP contribution in [0.4, 0.5) is 0 Å². The van der Waals surface area contributed by atoms with Crippen molar-refractivity contribution in [2.24, 2.45) is 46.3 Å². The molecule has 1 saturated heterocycles. The highest BCUT2D eigenvalue weighted by molar-refractivity contribution is 6.30. The van der Waals surface area contributed by atoms with Gasteiger partial charge in [0.05, 0.1) is 12.2 Å². The third-order valence-corrected chi connectivity index (χ3v) is 13.7. The van der Waals surface area contributed by atoms with Crippen LogP contribution in [0.25, 0.3) is 6.08 Å². The van der Waals surface area contributed by atoms with Crippen molar-refractivity contribution in [3.63, 3.8) is 0 Å². The molecule has 44 heavy (non-hydrogen) atoms. The molecular weight excluding hydrogens is 572 g/mol. The number of hydrogen-bond donors (Lipinski definition) is 2. The Morgan fingerprint density at radius 2 is 1.59 bits per heavy atom. The molecule has 6 nitrogen and oxygen atoms in total. The molecule has 0 bridgehead atoms. The quantitative estimate of drug-likeness (QED) is 0.358. The van der Waals surface area contributed by atoms with Gasteiger partial charge in [0.15, 0.2) is 0 Å². The largest absolute Gasteiger partial charge is 0.393 e. The van der Waals surface area contributed by atoms with Crippen LogP contribution >= 0.6 is 11.6 Å². The van der Waals surface area contributed by atoms with E-state index < -0.39 is 0 Å². The van der Waals surface area contributed by atoms with Crippen molar-refractivity contribution in [3.8, 4) is 0 Å². The Bertz CT molecular complexity index is 1230. The number of nitrogens with zero attached hydrogens (tertiary/aromatic N) is 2. The molecular formula is C37H53ClN2O4. The van der Waals surface area contributed by atoms with E-state index in [-0.39, 0.29) is 34.9 Å². The van der Waals surface area contributed by atoms with Crippen LogP contribution in [0.5, 0.6) is 0 Å². The van der Waals surface area contributed by atoms with Gasteiger partial charge in [-0.05, 0) is 128 Å². The van der Waals surface area contributed by atoms with Gasteiger partial charge >= 0.3 is 0 Å². The maximum atomic E-state index is 13.3. The summed E-state index contributed by atoms with van der Waals surface area (Å²) in [5.41, 5.74) is 1.42. The summed E-state index contributed by atoms with van der Waals surface area (Å²) in [6.07, 6.45) is 13.0. The van der Waals surface area contributed by atoms with Gasteiger partial charge in [-0.15, -0.1) is 0 Å². The molecule has 6 rings (SSSR count). The summed E-state index contributed by atoms with van der Waals surface area (Å²) in [4.78, 5) is 29.8. The summed E-state index contributed by atoms with van der Waals surface area (Å²) < 4.78 is 0. The van der Waals surface area contributed by atoms with Crippen LogP contribution in [0.2, 0.25) is 5.02 Å². The molecule has 0 aromatic heterocycles. The molecule has 1 aliphatic heterocycles. The lowest BCUT2D eigenvalue weighted by Crippen LogP contribution is -2.58. The maximum Gasteiger partial charge on any atom is 0.246 e. The van der Waals surface area contributed by atoms with Crippen molar-refractivity contribution in [1.29, 1.82) is 0 Å². The van der Waals surface area contributed by atoms with E-state index in [0.29, 0.717) is 73.1 Å². The molecule has 4 aliphatic carbocycles. The van der Waals surface area contributed by atoms with Gasteiger partial charge in [0.2, 0.25) is 11.8 Å². The standard InChI is InChI=1S/C37H53ClN2O4/c1-24(4-12-33(43)39-18-20-40(21-19-39)34(44)13-7-25-5-8-27(38)9-6-25)29-10-11-30-35-31(15-17-37(29,30)3)36(2)16-14-28(41)22-26(36)23-32(35)42/h5-9,13,24,26,28-32,35,41-42H,4,10-12,14-23H2,1-3H3/b13-7+/t24-,26+,28-,29-,30+,31+,32+,35+,36+,37-/m1/s1. The van der Waals surface area contributed by atoms with E-state index in [4.69, 9.17) is 11.6 Å². The Morgan fingerprint density at radius 3 is 2.32 bits per heavy atom. The van der Waals surface area contributed by atoms with Gasteiger partial charge in [0.1, 0.15) is 0 Å². The number of benzene rings is 1. The Morgan fingerprint density at radius 1 is 0.932 bits per heavy atom. The first kappa shape index (κ1) is 32.1. The molecule has 7 heteroatoms. The highest BCUT2D eigenvalue weighted by Crippen LogP contribution is 2.68. The molecule has 5 fully saturated rings. The molecule has 1 aromatic rings. The molecule has 0 spiro atoms. The highest BCUT2D eigenvalue weighted by Gasteiger charge is 2.62. The first-order chi connectivity index (χ1) is 21.0. The van der Waals surface area contributed by atoms with Crippen LogP contribution in [0.15, 0.2) is 30.3 Å². The van der Waals surface area contributed by atoms with Crippen molar-refractivity contribution in [2.45, 2.75) is 97.2 Å². The van der Waals surface area contributed by atoms with Gasteiger partial charge in [0.25, 0.3) is 0 Å². The number of piperazine rings is 1. The van der Waals surface area contributed by atoms with Gasteiger partial charge in [-0.3, -0.25) is 9.59 Å². The first-order valence-corrected chi connectivity index (χ1v) is 17.7. The van der Waals surface area contributed by atoms with E-state index >= 15 is 0 Å². The minimum absolute atomic E-state index is 0.0203. The molecule has 0 unspecified atom stereocenters. The van der Waals surface area contributed by atoms with Crippen LogP contribution in [0, 0.1) is 46.3 Å². The zero-order valence-corrected chi connectivity index (χ0v) is 27.7. The van der Waals surface area contributed by atoms with E-state index in [0.717, 1.165) is 37.7 Å². The Labute approximate surface area is 269 Å². The molecule has 242 valence electrons. The molecule has 2 N–H and O–H groups in total. The Balaban J connectivity index is 0.999. The van der Waals surface area contributed by atoms with E-state index in [9.17, 15) is 19.8 Å². The van der Waals surface area contributed by atoms with Crippen molar-refractivity contribution < 1.29 is 19.8 Å². The summed E-state index contributed by atoms with van der Waals surface area (Å²) in [5.74, 6) is 3.20. The molecule has 5 aliphatic rings. The fourth-order valence-electron chi connectivity index (χ4n) is 10.9. The van der Waals surface area contributed by atoms with Crippen molar-refractivity contribution >= 4 is 29.5 Å². The number of fused-ring (bicyclic) bond motifs is 5. The lowest BCUT2D eigenvalue weighted by molar-refractivity contribution is -0.174. The SMILES string of the molecule is C[C@H](CCC(=O)N1CCN(C(=O)/C=C/c2ccc(Cl)cc2)CC1)[C@H]1CC[C@H]2[C@@H]3[C@@H](O)C[C@@H]4C[C@H](O)CC[C@]4(C)[C@H]3CC[C@]12C. The first-order valence-electron chi connectivity index (χ1n) is 17.4. The number of rotatable bonds is 6. The van der Waals surface area contributed by atoms with E-state index in [1.807, 2.05) is 40.1 Å². The number of amides is 2. The van der Waals surface area contributed by atoms with Crippen LogP contribution in [0.1, 0.15) is 90.5 Å². The van der Waals surface area contributed by atoms with Gasteiger partial charge in [-0.2, -0.15) is 0 Å². The van der Waals surface area contributed by atoms with Crippen LogP contribution in [0.3, 0.4) is 0 Å². The lowest BCUT2D eigenvalue weighted by Gasteiger charge is -2.62. The molecule has 0 radical (unpaired) electrons. The predicted molar refractivity (Wildman–Crippen MR) is 175 cm³/mol. The second-order valence-electron chi connectivity index (χ2n) is 15.6. The van der Waals surface area contributed by atoms with Crippen LogP contribution in [-0.4, -0.2) is 70.2 Å². The van der Waals surface area contributed by atoms with Gasteiger partial charge in [-0.25, -0.2) is 0 Å². The highest BCUT2D eigenvalue weighted by atomic mass is 35.5. The molecule has 4 saturated carbocycles. The number of halogens is 1. The van der Waals surface area contributed by atoms with E-state index in [1.54, 1.807) is 6.08 Å². The third-order valence-electron chi connectivity index (χ3n) is 13.5. The fraction of sp³-hybridized carbons (Fsp3) is 0.730. The normalized spacial score (nSPS) is 39.5. The summed E-state index contributed by atoms with van der Waals surface area (Å²) in [5, 5.41) is 22.6. The summed E-state index contributed by atoms with van der Waals surface area (Å²) in [6.45, 7) is 9.66. The number of hydrogen-bond acceptors (Lipinski definition) is 4. The average molecular weight is 625 g/mol. The smallest absolute Gasteiger partial charge is 0.246 e. The second kappa shape index (κ2) is 12.7. The number of aliphatic hydroxyl groups is 2. The molecule has 1 heterocycles. The average Bonchev–Trinajstić information content (AvgIpc) is 3.37. The summed E-state index contributed by atoms with van der Waals surface area (Å²) >= 11 is 5.95. The van der Waals surface area contributed by atoms with Crippen molar-refractivity contribution in [3.05, 3.63) is 40.9 Å². The topological polar surface area (TPSA) is 81.1 Å². The van der Waals surface area contributed by atoms with E-state index in [2.05, 4.69) is 20.8 Å². The summed E-state index contributed by atoms with van der Waals surface area (Å²) in [7, 11) is 0. The molecule has 2 amide bonds. The van der Waals surface area contributed by atoms with Gasteiger partial charge in [0, 0.05) is 43.7 Å².